The standard InChI is InChI=1S/C18H18ClN3O2/c1-10-7-8-12(9-15(10)24-3)22-17(11(2)20)21-14-6-4-5-13(19)16(14)18(22)23/h4-9,11H,20H2,1-3H3/t11-/m0/s1. The molecule has 2 aromatic carbocycles. The highest BCUT2D eigenvalue weighted by Gasteiger charge is 2.17. The van der Waals surface area contributed by atoms with Gasteiger partial charge in [0.15, 0.2) is 0 Å². The van der Waals surface area contributed by atoms with Gasteiger partial charge in [-0.3, -0.25) is 9.36 Å². The molecule has 0 saturated carbocycles. The number of ether oxygens (including phenoxy) is 1. The number of methoxy groups -OCH3 is 1. The van der Waals surface area contributed by atoms with Gasteiger partial charge < -0.3 is 10.5 Å². The molecule has 1 atom stereocenters. The van der Waals surface area contributed by atoms with Gasteiger partial charge in [0.05, 0.1) is 34.8 Å². The molecule has 0 bridgehead atoms. The van der Waals surface area contributed by atoms with Crippen molar-refractivity contribution in [3.63, 3.8) is 0 Å². The highest BCUT2D eigenvalue weighted by Crippen LogP contribution is 2.25. The molecular weight excluding hydrogens is 326 g/mol. The Morgan fingerprint density at radius 2 is 2.04 bits per heavy atom. The molecule has 0 amide bonds. The second-order valence-electron chi connectivity index (χ2n) is 5.69. The van der Waals surface area contributed by atoms with Gasteiger partial charge >= 0.3 is 0 Å². The summed E-state index contributed by atoms with van der Waals surface area (Å²) in [5.74, 6) is 1.16. The molecule has 0 saturated heterocycles. The number of nitrogens with zero attached hydrogens (tertiary/aromatic N) is 2. The maximum atomic E-state index is 13.1. The highest BCUT2D eigenvalue weighted by atomic mass is 35.5. The van der Waals surface area contributed by atoms with E-state index in [9.17, 15) is 4.79 Å². The molecule has 24 heavy (non-hydrogen) atoms. The minimum atomic E-state index is -0.423. The molecule has 0 radical (unpaired) electrons. The molecule has 0 aliphatic heterocycles. The van der Waals surface area contributed by atoms with Crippen LogP contribution in [0.2, 0.25) is 5.02 Å². The molecule has 124 valence electrons. The van der Waals surface area contributed by atoms with E-state index in [1.165, 1.54) is 4.57 Å². The van der Waals surface area contributed by atoms with E-state index < -0.39 is 6.04 Å². The zero-order chi connectivity index (χ0) is 17.4. The van der Waals surface area contributed by atoms with E-state index in [1.54, 1.807) is 38.3 Å². The summed E-state index contributed by atoms with van der Waals surface area (Å²) < 4.78 is 6.87. The number of halogens is 1. The Balaban J connectivity index is 2.42. The molecular formula is C18H18ClN3O2. The first-order valence-corrected chi connectivity index (χ1v) is 7.93. The normalized spacial score (nSPS) is 12.4. The lowest BCUT2D eigenvalue weighted by Crippen LogP contribution is -2.27. The fraction of sp³-hybridized carbons (Fsp3) is 0.222. The summed E-state index contributed by atoms with van der Waals surface area (Å²) in [4.78, 5) is 17.7. The molecule has 1 heterocycles. The summed E-state index contributed by atoms with van der Waals surface area (Å²) >= 11 is 6.23. The first kappa shape index (κ1) is 16.5. The van der Waals surface area contributed by atoms with Crippen LogP contribution in [0.1, 0.15) is 24.4 Å². The monoisotopic (exact) mass is 343 g/mol. The smallest absolute Gasteiger partial charge is 0.267 e. The molecule has 1 aromatic heterocycles. The van der Waals surface area contributed by atoms with Crippen molar-refractivity contribution in [3.05, 3.63) is 63.2 Å². The molecule has 0 unspecified atom stereocenters. The Bertz CT molecular complexity index is 980. The maximum Gasteiger partial charge on any atom is 0.267 e. The number of rotatable bonds is 3. The number of nitrogens with two attached hydrogens (primary N) is 1. The van der Waals surface area contributed by atoms with Gasteiger partial charge in [0.2, 0.25) is 0 Å². The first-order valence-electron chi connectivity index (χ1n) is 7.55. The van der Waals surface area contributed by atoms with Gasteiger partial charge in [-0.1, -0.05) is 23.7 Å². The van der Waals surface area contributed by atoms with Gasteiger partial charge in [0.1, 0.15) is 11.6 Å². The van der Waals surface area contributed by atoms with Gasteiger partial charge in [0, 0.05) is 6.07 Å². The third-order valence-electron chi connectivity index (χ3n) is 3.93. The quantitative estimate of drug-likeness (QED) is 0.791. The fourth-order valence-corrected chi connectivity index (χ4v) is 2.96. The van der Waals surface area contributed by atoms with E-state index in [4.69, 9.17) is 22.1 Å². The average Bonchev–Trinajstić information content (AvgIpc) is 2.55. The van der Waals surface area contributed by atoms with Crippen LogP contribution in [0.5, 0.6) is 5.75 Å². The average molecular weight is 344 g/mol. The third-order valence-corrected chi connectivity index (χ3v) is 4.24. The fourth-order valence-electron chi connectivity index (χ4n) is 2.71. The highest BCUT2D eigenvalue weighted by molar-refractivity contribution is 6.35. The first-order chi connectivity index (χ1) is 11.4. The molecule has 0 spiro atoms. The molecule has 0 fully saturated rings. The van der Waals surface area contributed by atoms with Crippen molar-refractivity contribution in [2.45, 2.75) is 19.9 Å². The van der Waals surface area contributed by atoms with Crippen LogP contribution >= 0.6 is 11.6 Å². The molecule has 0 aliphatic carbocycles. The SMILES string of the molecule is COc1cc(-n2c([C@H](C)N)nc3cccc(Cl)c3c2=O)ccc1C. The predicted octanol–water partition coefficient (Wildman–Crippen LogP) is 3.38. The second-order valence-corrected chi connectivity index (χ2v) is 6.09. The lowest BCUT2D eigenvalue weighted by molar-refractivity contribution is 0.411. The van der Waals surface area contributed by atoms with Crippen molar-refractivity contribution in [1.82, 2.24) is 9.55 Å². The summed E-state index contributed by atoms with van der Waals surface area (Å²) in [6, 6.07) is 10.3. The minimum absolute atomic E-state index is 0.246. The van der Waals surface area contributed by atoms with Crippen LogP contribution in [0, 0.1) is 6.92 Å². The van der Waals surface area contributed by atoms with Gasteiger partial charge in [-0.25, -0.2) is 4.98 Å². The lowest BCUT2D eigenvalue weighted by atomic mass is 10.1. The number of aryl methyl sites for hydroxylation is 1. The summed E-state index contributed by atoms with van der Waals surface area (Å²) in [6.45, 7) is 3.73. The predicted molar refractivity (Wildman–Crippen MR) is 96.2 cm³/mol. The molecule has 3 aromatic rings. The van der Waals surface area contributed by atoms with Gasteiger partial charge in [-0.2, -0.15) is 0 Å². The van der Waals surface area contributed by atoms with Crippen LogP contribution in [0.4, 0.5) is 0 Å². The number of fused-ring (bicyclic) bond motifs is 1. The number of hydrogen-bond donors (Lipinski definition) is 1. The molecule has 5 nitrogen and oxygen atoms in total. The molecule has 2 N–H and O–H groups in total. The molecule has 6 heteroatoms. The van der Waals surface area contributed by atoms with E-state index in [1.807, 2.05) is 19.1 Å². The van der Waals surface area contributed by atoms with E-state index in [2.05, 4.69) is 4.98 Å². The van der Waals surface area contributed by atoms with Gasteiger partial charge in [-0.05, 0) is 37.6 Å². The van der Waals surface area contributed by atoms with Gasteiger partial charge in [0.25, 0.3) is 5.56 Å². The van der Waals surface area contributed by atoms with Crippen molar-refractivity contribution < 1.29 is 4.74 Å². The van der Waals surface area contributed by atoms with Crippen LogP contribution in [-0.2, 0) is 0 Å². The van der Waals surface area contributed by atoms with Crippen molar-refractivity contribution in [3.8, 4) is 11.4 Å². The number of hydrogen-bond acceptors (Lipinski definition) is 4. The summed E-state index contributed by atoms with van der Waals surface area (Å²) in [6.07, 6.45) is 0. The van der Waals surface area contributed by atoms with Crippen LogP contribution in [0.3, 0.4) is 0 Å². The topological polar surface area (TPSA) is 70.1 Å². The largest absolute Gasteiger partial charge is 0.496 e. The number of benzene rings is 2. The molecule has 3 rings (SSSR count). The van der Waals surface area contributed by atoms with E-state index in [0.717, 1.165) is 5.56 Å². The third kappa shape index (κ3) is 2.66. The zero-order valence-corrected chi connectivity index (χ0v) is 14.5. The van der Waals surface area contributed by atoms with Crippen molar-refractivity contribution in [1.29, 1.82) is 0 Å². The van der Waals surface area contributed by atoms with Crippen molar-refractivity contribution in [2.24, 2.45) is 5.73 Å². The summed E-state index contributed by atoms with van der Waals surface area (Å²) in [5, 5.41) is 0.747. The van der Waals surface area contributed by atoms with E-state index in [-0.39, 0.29) is 5.56 Å². The summed E-state index contributed by atoms with van der Waals surface area (Å²) in [7, 11) is 1.59. The van der Waals surface area contributed by atoms with Crippen molar-refractivity contribution >= 4 is 22.5 Å². The maximum absolute atomic E-state index is 13.1. The Kier molecular flexibility index (Phi) is 4.30. The number of aromatic nitrogens is 2. The van der Waals surface area contributed by atoms with Crippen LogP contribution in [-0.4, -0.2) is 16.7 Å². The lowest BCUT2D eigenvalue weighted by Gasteiger charge is -2.17. The Morgan fingerprint density at radius 3 is 2.71 bits per heavy atom. The van der Waals surface area contributed by atoms with Crippen LogP contribution < -0.4 is 16.0 Å². The van der Waals surface area contributed by atoms with Gasteiger partial charge in [-0.15, -0.1) is 0 Å². The Morgan fingerprint density at radius 1 is 1.29 bits per heavy atom. The molecule has 0 aliphatic rings. The minimum Gasteiger partial charge on any atom is -0.496 e. The summed E-state index contributed by atoms with van der Waals surface area (Å²) in [5.41, 5.74) is 7.97. The Labute approximate surface area is 144 Å². The van der Waals surface area contributed by atoms with E-state index >= 15 is 0 Å². The second kappa shape index (κ2) is 6.26. The van der Waals surface area contributed by atoms with Crippen LogP contribution in [0.15, 0.2) is 41.2 Å². The van der Waals surface area contributed by atoms with Crippen LogP contribution in [0.25, 0.3) is 16.6 Å². The van der Waals surface area contributed by atoms with Crippen molar-refractivity contribution in [2.75, 3.05) is 7.11 Å². The zero-order valence-electron chi connectivity index (χ0n) is 13.7. The Hall–Kier alpha value is -2.37. The van der Waals surface area contributed by atoms with E-state index in [0.29, 0.717) is 33.2 Å².